The lowest BCUT2D eigenvalue weighted by Gasteiger charge is -2.23. The molecule has 6 atom stereocenters. The van der Waals surface area contributed by atoms with Crippen LogP contribution in [0.15, 0.2) is 36.7 Å². The van der Waals surface area contributed by atoms with E-state index in [1.807, 2.05) is 22.8 Å². The van der Waals surface area contributed by atoms with Crippen LogP contribution in [0, 0.1) is 0 Å². The molecule has 12 nitrogen and oxygen atoms in total. The lowest BCUT2D eigenvalue weighted by molar-refractivity contribution is -0.122. The van der Waals surface area contributed by atoms with Crippen molar-refractivity contribution in [2.24, 2.45) is 0 Å². The number of amides is 1. The summed E-state index contributed by atoms with van der Waals surface area (Å²) >= 11 is 0. The average molecular weight is 567 g/mol. The van der Waals surface area contributed by atoms with Gasteiger partial charge in [-0.05, 0) is 38.9 Å². The molecule has 3 aromatic rings. The molecule has 4 N–H and O–H groups in total. The van der Waals surface area contributed by atoms with Crippen LogP contribution in [-0.4, -0.2) is 112 Å². The standard InChI is InChI=1S/C29H42N8O4/c1-5-23(38)32-21-14-22(26(40)25(21)39)37-17-30-24-27(31-19(16-41-4)13-18-9-7-6-8-10-18)33-29(34-28(24)37)36-12-11-20(15-36)35(2)3/h6-10,17,19-22,25-26,39-40H,5,11-16H2,1-4H3,(H,32,38)(H,31,33,34)/t19-,20+,21-,22+,25+,26-/m0/s1. The fraction of sp³-hybridized carbons (Fsp3) is 0.586. The highest BCUT2D eigenvalue weighted by atomic mass is 16.5. The first-order chi connectivity index (χ1) is 19.8. The van der Waals surface area contributed by atoms with Crippen molar-refractivity contribution >= 4 is 28.8 Å². The largest absolute Gasteiger partial charge is 0.388 e. The first kappa shape index (κ1) is 29.2. The molecule has 41 heavy (non-hydrogen) atoms. The van der Waals surface area contributed by atoms with Crippen LogP contribution >= 0.6 is 0 Å². The van der Waals surface area contributed by atoms with E-state index in [0.717, 1.165) is 25.9 Å². The fourth-order valence-electron chi connectivity index (χ4n) is 5.92. The van der Waals surface area contributed by atoms with Crippen LogP contribution in [0.4, 0.5) is 11.8 Å². The number of benzene rings is 1. The Kier molecular flexibility index (Phi) is 9.03. The first-order valence-electron chi connectivity index (χ1n) is 14.4. The third-order valence-corrected chi connectivity index (χ3v) is 8.30. The molecule has 3 heterocycles. The number of aliphatic hydroxyl groups excluding tert-OH is 2. The number of methoxy groups -OCH3 is 1. The van der Waals surface area contributed by atoms with Crippen molar-refractivity contribution in [3.8, 4) is 0 Å². The van der Waals surface area contributed by atoms with Crippen LogP contribution in [-0.2, 0) is 16.0 Å². The highest BCUT2D eigenvalue weighted by Crippen LogP contribution is 2.35. The fourth-order valence-corrected chi connectivity index (χ4v) is 5.92. The molecular formula is C29H42N8O4. The van der Waals surface area contributed by atoms with Gasteiger partial charge < -0.3 is 40.0 Å². The molecule has 0 spiro atoms. The Morgan fingerprint density at radius 3 is 2.66 bits per heavy atom. The number of anilines is 2. The van der Waals surface area contributed by atoms with Crippen LogP contribution < -0.4 is 15.5 Å². The second-order valence-electron chi connectivity index (χ2n) is 11.3. The zero-order chi connectivity index (χ0) is 29.1. The zero-order valence-electron chi connectivity index (χ0n) is 24.3. The molecule has 1 amide bonds. The van der Waals surface area contributed by atoms with Gasteiger partial charge in [0.1, 0.15) is 12.2 Å². The Bertz CT molecular complexity index is 1320. The number of hydrogen-bond acceptors (Lipinski definition) is 10. The van der Waals surface area contributed by atoms with Gasteiger partial charge in [0.15, 0.2) is 17.0 Å². The predicted octanol–water partition coefficient (Wildman–Crippen LogP) is 1.20. The van der Waals surface area contributed by atoms with Gasteiger partial charge in [-0.25, -0.2) is 4.98 Å². The van der Waals surface area contributed by atoms with Gasteiger partial charge in [0.25, 0.3) is 0 Å². The summed E-state index contributed by atoms with van der Waals surface area (Å²) in [5.74, 6) is 1.02. The minimum atomic E-state index is -1.09. The molecule has 1 saturated carbocycles. The molecule has 5 rings (SSSR count). The molecule has 0 radical (unpaired) electrons. The molecule has 1 saturated heterocycles. The summed E-state index contributed by atoms with van der Waals surface area (Å²) in [4.78, 5) is 31.1. The van der Waals surface area contributed by atoms with Crippen LogP contribution in [0.1, 0.15) is 37.8 Å². The van der Waals surface area contributed by atoms with E-state index in [-0.39, 0.29) is 11.9 Å². The molecule has 1 aliphatic heterocycles. The Labute approximate surface area is 240 Å². The molecular weight excluding hydrogens is 524 g/mol. The van der Waals surface area contributed by atoms with E-state index in [1.54, 1.807) is 20.4 Å². The quantitative estimate of drug-likeness (QED) is 0.268. The molecule has 12 heteroatoms. The van der Waals surface area contributed by atoms with Crippen molar-refractivity contribution in [2.75, 3.05) is 51.1 Å². The summed E-state index contributed by atoms with van der Waals surface area (Å²) < 4.78 is 7.37. The third-order valence-electron chi connectivity index (χ3n) is 8.30. The summed E-state index contributed by atoms with van der Waals surface area (Å²) in [5, 5.41) is 28.2. The van der Waals surface area contributed by atoms with Gasteiger partial charge >= 0.3 is 0 Å². The summed E-state index contributed by atoms with van der Waals surface area (Å²) in [5.41, 5.74) is 2.32. The number of aromatic nitrogens is 4. The van der Waals surface area contributed by atoms with Gasteiger partial charge in [-0.1, -0.05) is 37.3 Å². The van der Waals surface area contributed by atoms with Gasteiger partial charge in [-0.3, -0.25) is 4.79 Å². The second kappa shape index (κ2) is 12.7. The van der Waals surface area contributed by atoms with Crippen molar-refractivity contribution in [2.45, 2.75) is 69.0 Å². The molecule has 1 aliphatic carbocycles. The van der Waals surface area contributed by atoms with E-state index in [0.29, 0.717) is 48.4 Å². The van der Waals surface area contributed by atoms with Crippen LogP contribution in [0.3, 0.4) is 0 Å². The number of imidazole rings is 1. The lowest BCUT2D eigenvalue weighted by Crippen LogP contribution is -2.42. The van der Waals surface area contributed by atoms with E-state index in [9.17, 15) is 15.0 Å². The van der Waals surface area contributed by atoms with Crippen molar-refractivity contribution in [1.82, 2.24) is 29.7 Å². The first-order valence-corrected chi connectivity index (χ1v) is 14.4. The van der Waals surface area contributed by atoms with E-state index >= 15 is 0 Å². The third kappa shape index (κ3) is 6.30. The number of aliphatic hydroxyl groups is 2. The summed E-state index contributed by atoms with van der Waals surface area (Å²) in [7, 11) is 5.85. The Morgan fingerprint density at radius 2 is 1.98 bits per heavy atom. The van der Waals surface area contributed by atoms with Crippen molar-refractivity contribution in [1.29, 1.82) is 0 Å². The zero-order valence-corrected chi connectivity index (χ0v) is 24.3. The summed E-state index contributed by atoms with van der Waals surface area (Å²) in [6.07, 6.45) is 1.86. The normalized spacial score (nSPS) is 25.2. The van der Waals surface area contributed by atoms with Crippen molar-refractivity contribution in [3.63, 3.8) is 0 Å². The summed E-state index contributed by atoms with van der Waals surface area (Å²) in [6.45, 7) is 3.85. The van der Waals surface area contributed by atoms with Crippen molar-refractivity contribution in [3.05, 3.63) is 42.2 Å². The molecule has 2 aromatic heterocycles. The molecule has 2 aliphatic rings. The van der Waals surface area contributed by atoms with Gasteiger partial charge in [0.2, 0.25) is 11.9 Å². The number of likely N-dealkylation sites (N-methyl/N-ethyl adjacent to an activating group) is 1. The molecule has 1 aromatic carbocycles. The van der Waals surface area contributed by atoms with Crippen LogP contribution in [0.5, 0.6) is 0 Å². The van der Waals surface area contributed by atoms with E-state index in [4.69, 9.17) is 14.7 Å². The number of hydrogen-bond donors (Lipinski definition) is 4. The number of nitrogens with one attached hydrogen (secondary N) is 2. The minimum Gasteiger partial charge on any atom is -0.388 e. The van der Waals surface area contributed by atoms with E-state index in [2.05, 4.69) is 51.6 Å². The van der Waals surface area contributed by atoms with Gasteiger partial charge in [-0.2, -0.15) is 9.97 Å². The monoisotopic (exact) mass is 566 g/mol. The topological polar surface area (TPSA) is 141 Å². The number of ether oxygens (including phenoxy) is 1. The number of carbonyl (C=O) groups is 1. The number of rotatable bonds is 11. The highest BCUT2D eigenvalue weighted by molar-refractivity contribution is 5.85. The smallest absolute Gasteiger partial charge is 0.229 e. The van der Waals surface area contributed by atoms with E-state index in [1.165, 1.54) is 5.56 Å². The van der Waals surface area contributed by atoms with E-state index < -0.39 is 24.3 Å². The van der Waals surface area contributed by atoms with Crippen LogP contribution in [0.25, 0.3) is 11.2 Å². The predicted molar refractivity (Wildman–Crippen MR) is 157 cm³/mol. The average Bonchev–Trinajstić information content (AvgIpc) is 3.69. The minimum absolute atomic E-state index is 0.0702. The maximum Gasteiger partial charge on any atom is 0.229 e. The Hall–Kier alpha value is -3.32. The molecule has 2 fully saturated rings. The van der Waals surface area contributed by atoms with Gasteiger partial charge in [-0.15, -0.1) is 0 Å². The number of nitrogens with zero attached hydrogens (tertiary/aromatic N) is 6. The lowest BCUT2D eigenvalue weighted by atomic mass is 10.1. The maximum absolute atomic E-state index is 12.1. The number of carbonyl (C=O) groups excluding carboxylic acids is 1. The second-order valence-corrected chi connectivity index (χ2v) is 11.3. The maximum atomic E-state index is 12.1. The molecule has 0 bridgehead atoms. The number of fused-ring (bicyclic) bond motifs is 1. The summed E-state index contributed by atoms with van der Waals surface area (Å²) in [6, 6.07) is 9.47. The van der Waals surface area contributed by atoms with Gasteiger partial charge in [0.05, 0.1) is 31.1 Å². The molecule has 222 valence electrons. The highest BCUT2D eigenvalue weighted by Gasteiger charge is 2.44. The van der Waals surface area contributed by atoms with Gasteiger partial charge in [0, 0.05) is 32.7 Å². The SMILES string of the molecule is CCC(=O)N[C@H]1C[C@@H](n2cnc3c(N[C@H](COC)Cc4ccccc4)nc(N4CC[C@@H](N(C)C)C4)nc32)[C@H](O)[C@@H]1O. The van der Waals surface area contributed by atoms with Crippen molar-refractivity contribution < 1.29 is 19.7 Å². The Morgan fingerprint density at radius 1 is 1.20 bits per heavy atom. The van der Waals surface area contributed by atoms with Crippen LogP contribution in [0.2, 0.25) is 0 Å². The molecule has 0 unspecified atom stereocenters. The Balaban J connectivity index is 1.51.